The molecule has 20 heavy (non-hydrogen) atoms. The van der Waals surface area contributed by atoms with Crippen LogP contribution < -0.4 is 5.32 Å². The van der Waals surface area contributed by atoms with E-state index >= 15 is 0 Å². The minimum atomic E-state index is -1.05. The number of phenolic OH excluding ortho intramolecular Hbond substituents is 1. The van der Waals surface area contributed by atoms with Gasteiger partial charge in [0, 0.05) is 5.39 Å². The molecule has 1 fully saturated rings. The number of carboxylic acid groups (broad SMARTS) is 1. The number of hydrogen-bond acceptors (Lipinski definition) is 4. The third kappa shape index (κ3) is 2.21. The van der Waals surface area contributed by atoms with Gasteiger partial charge >= 0.3 is 5.97 Å². The van der Waals surface area contributed by atoms with E-state index in [-0.39, 0.29) is 23.6 Å². The van der Waals surface area contributed by atoms with Gasteiger partial charge in [0.15, 0.2) is 0 Å². The lowest BCUT2D eigenvalue weighted by Gasteiger charge is -2.05. The number of nitrogens with one attached hydrogen (secondary N) is 1. The predicted molar refractivity (Wildman–Crippen MR) is 73.9 cm³/mol. The Morgan fingerprint density at radius 2 is 2.15 bits per heavy atom. The predicted octanol–water partition coefficient (Wildman–Crippen LogP) is 2.25. The number of hydrogen-bond donors (Lipinski definition) is 3. The van der Waals surface area contributed by atoms with Gasteiger partial charge in [-0.25, -0.2) is 4.79 Å². The highest BCUT2D eigenvalue weighted by Crippen LogP contribution is 2.39. The molecule has 3 rings (SSSR count). The molecule has 2 aromatic rings. The highest BCUT2D eigenvalue weighted by Gasteiger charge is 2.39. The molecule has 0 saturated carbocycles. The van der Waals surface area contributed by atoms with E-state index in [1.165, 1.54) is 6.07 Å². The monoisotopic (exact) mass is 273 g/mol. The summed E-state index contributed by atoms with van der Waals surface area (Å²) in [4.78, 5) is 11.0. The van der Waals surface area contributed by atoms with Crippen molar-refractivity contribution < 1.29 is 19.7 Å². The lowest BCUT2D eigenvalue weighted by atomic mass is 10.0. The summed E-state index contributed by atoms with van der Waals surface area (Å²) < 4.78 is 5.51. The van der Waals surface area contributed by atoms with E-state index in [4.69, 9.17) is 9.84 Å². The quantitative estimate of drug-likeness (QED) is 0.744. The minimum Gasteiger partial charge on any atom is -0.507 e. The van der Waals surface area contributed by atoms with Gasteiger partial charge in [0.05, 0.1) is 5.56 Å². The standard InChI is InChI=1S/C15H15NO4/c1-2-16-14-13(20-14)9-4-3-8-5-10(15(18)19)7-12(17)11(8)6-9/h3-7,13-14,16-17H,2H2,1H3,(H,18,19). The molecule has 1 aliphatic rings. The number of aromatic carboxylic acids is 1. The van der Waals surface area contributed by atoms with Crippen LogP contribution in [0, 0.1) is 0 Å². The summed E-state index contributed by atoms with van der Waals surface area (Å²) >= 11 is 0. The number of benzene rings is 2. The molecule has 1 aliphatic heterocycles. The minimum absolute atomic E-state index is 0.00194. The highest BCUT2D eigenvalue weighted by atomic mass is 16.6. The molecule has 1 heterocycles. The van der Waals surface area contributed by atoms with E-state index in [1.807, 2.05) is 25.1 Å². The van der Waals surface area contributed by atoms with Crippen LogP contribution in [0.4, 0.5) is 0 Å². The van der Waals surface area contributed by atoms with Crippen molar-refractivity contribution in [3.8, 4) is 5.75 Å². The van der Waals surface area contributed by atoms with Crippen LogP contribution in [0.2, 0.25) is 0 Å². The fourth-order valence-corrected chi connectivity index (χ4v) is 2.38. The van der Waals surface area contributed by atoms with Crippen molar-refractivity contribution in [1.29, 1.82) is 0 Å². The molecule has 0 amide bonds. The molecule has 5 nitrogen and oxygen atoms in total. The Morgan fingerprint density at radius 3 is 2.85 bits per heavy atom. The molecule has 0 spiro atoms. The first-order valence-electron chi connectivity index (χ1n) is 6.49. The summed E-state index contributed by atoms with van der Waals surface area (Å²) in [7, 11) is 0. The first-order valence-corrected chi connectivity index (χ1v) is 6.49. The van der Waals surface area contributed by atoms with Crippen LogP contribution in [0.25, 0.3) is 10.8 Å². The van der Waals surface area contributed by atoms with Gasteiger partial charge < -0.3 is 14.9 Å². The maximum Gasteiger partial charge on any atom is 0.335 e. The first-order chi connectivity index (χ1) is 9.60. The third-order valence-electron chi connectivity index (χ3n) is 3.43. The molecular weight excluding hydrogens is 258 g/mol. The number of likely N-dealkylation sites (N-methyl/N-ethyl adjacent to an activating group) is 1. The van der Waals surface area contributed by atoms with Gasteiger partial charge in [0.25, 0.3) is 0 Å². The molecule has 2 atom stereocenters. The number of fused-ring (bicyclic) bond motifs is 1. The smallest absolute Gasteiger partial charge is 0.335 e. The van der Waals surface area contributed by atoms with Gasteiger partial charge in [-0.2, -0.15) is 0 Å². The summed E-state index contributed by atoms with van der Waals surface area (Å²) in [5.74, 6) is -1.08. The molecule has 0 aromatic heterocycles. The molecule has 0 bridgehead atoms. The normalized spacial score (nSPS) is 21.1. The molecular formula is C15H15NO4. The molecule has 2 aromatic carbocycles. The van der Waals surface area contributed by atoms with E-state index in [2.05, 4.69) is 5.32 Å². The van der Waals surface area contributed by atoms with E-state index in [1.54, 1.807) is 6.07 Å². The molecule has 0 radical (unpaired) electrons. The van der Waals surface area contributed by atoms with E-state index in [0.717, 1.165) is 12.1 Å². The van der Waals surface area contributed by atoms with Crippen LogP contribution in [0.5, 0.6) is 5.75 Å². The number of ether oxygens (including phenoxy) is 1. The maximum absolute atomic E-state index is 11.0. The number of phenols is 1. The second kappa shape index (κ2) is 4.77. The first kappa shape index (κ1) is 12.9. The Kier molecular flexibility index (Phi) is 3.08. The lowest BCUT2D eigenvalue weighted by Crippen LogP contribution is -2.16. The van der Waals surface area contributed by atoms with Crippen LogP contribution in [-0.2, 0) is 4.74 Å². The van der Waals surface area contributed by atoms with Crippen LogP contribution in [0.15, 0.2) is 30.3 Å². The molecule has 2 unspecified atom stereocenters. The van der Waals surface area contributed by atoms with E-state index < -0.39 is 5.97 Å². The zero-order chi connectivity index (χ0) is 14.3. The summed E-state index contributed by atoms with van der Waals surface area (Å²) in [5.41, 5.74) is 1.05. The number of carboxylic acids is 1. The fraction of sp³-hybridized carbons (Fsp3) is 0.267. The Labute approximate surface area is 115 Å². The second-order valence-electron chi connectivity index (χ2n) is 4.82. The Morgan fingerprint density at radius 1 is 1.35 bits per heavy atom. The zero-order valence-electron chi connectivity index (χ0n) is 11.0. The average Bonchev–Trinajstić information content (AvgIpc) is 3.18. The molecule has 104 valence electrons. The van der Waals surface area contributed by atoms with Crippen molar-refractivity contribution in [3.05, 3.63) is 41.5 Å². The van der Waals surface area contributed by atoms with Gasteiger partial charge in [-0.1, -0.05) is 19.1 Å². The van der Waals surface area contributed by atoms with Crippen LogP contribution >= 0.6 is 0 Å². The Bertz CT molecular complexity index is 683. The average molecular weight is 273 g/mol. The summed E-state index contributed by atoms with van der Waals surface area (Å²) in [5, 5.41) is 23.5. The Balaban J connectivity index is 1.98. The second-order valence-corrected chi connectivity index (χ2v) is 4.82. The fourth-order valence-electron chi connectivity index (χ4n) is 2.38. The maximum atomic E-state index is 11.0. The van der Waals surface area contributed by atoms with E-state index in [0.29, 0.717) is 10.8 Å². The molecule has 5 heteroatoms. The number of rotatable bonds is 4. The number of epoxide rings is 1. The number of aromatic hydroxyl groups is 1. The van der Waals surface area contributed by atoms with Crippen molar-refractivity contribution in [2.45, 2.75) is 19.3 Å². The Hall–Kier alpha value is -2.11. The van der Waals surface area contributed by atoms with Gasteiger partial charge in [-0.3, -0.25) is 5.32 Å². The topological polar surface area (TPSA) is 82.1 Å². The van der Waals surface area contributed by atoms with Gasteiger partial charge in [0.2, 0.25) is 0 Å². The summed E-state index contributed by atoms with van der Waals surface area (Å²) in [6, 6.07) is 8.37. The van der Waals surface area contributed by atoms with Gasteiger partial charge in [-0.15, -0.1) is 0 Å². The highest BCUT2D eigenvalue weighted by molar-refractivity contribution is 5.97. The van der Waals surface area contributed by atoms with E-state index in [9.17, 15) is 9.90 Å². The van der Waals surface area contributed by atoms with Gasteiger partial charge in [0.1, 0.15) is 18.1 Å². The molecule has 3 N–H and O–H groups in total. The van der Waals surface area contributed by atoms with Crippen LogP contribution in [0.3, 0.4) is 0 Å². The zero-order valence-corrected chi connectivity index (χ0v) is 11.0. The largest absolute Gasteiger partial charge is 0.507 e. The van der Waals surface area contributed by atoms with Crippen molar-refractivity contribution in [2.24, 2.45) is 0 Å². The summed E-state index contributed by atoms with van der Waals surface area (Å²) in [6.45, 7) is 2.85. The van der Waals surface area contributed by atoms with Crippen LogP contribution in [-0.4, -0.2) is 29.0 Å². The summed E-state index contributed by atoms with van der Waals surface area (Å²) in [6.07, 6.45) is 0.0239. The SMILES string of the molecule is CCNC1OC1c1ccc2cc(C(=O)O)cc(O)c2c1. The molecule has 1 saturated heterocycles. The van der Waals surface area contributed by atoms with Crippen molar-refractivity contribution in [3.63, 3.8) is 0 Å². The van der Waals surface area contributed by atoms with Crippen molar-refractivity contribution >= 4 is 16.7 Å². The lowest BCUT2D eigenvalue weighted by molar-refractivity contribution is 0.0696. The third-order valence-corrected chi connectivity index (χ3v) is 3.43. The van der Waals surface area contributed by atoms with Crippen molar-refractivity contribution in [1.82, 2.24) is 5.32 Å². The van der Waals surface area contributed by atoms with Gasteiger partial charge in [-0.05, 0) is 35.7 Å². The molecule has 0 aliphatic carbocycles. The number of carbonyl (C=O) groups is 1. The van der Waals surface area contributed by atoms with Crippen molar-refractivity contribution in [2.75, 3.05) is 6.54 Å². The van der Waals surface area contributed by atoms with Crippen LogP contribution in [0.1, 0.15) is 28.9 Å².